The van der Waals surface area contributed by atoms with Crippen LogP contribution in [0.25, 0.3) is 22.5 Å². The maximum absolute atomic E-state index is 14.0. The molecule has 1 unspecified atom stereocenters. The Kier molecular flexibility index (Phi) is 12.9. The molecule has 0 saturated carbocycles. The van der Waals surface area contributed by atoms with Crippen LogP contribution in [0.2, 0.25) is 0 Å². The van der Waals surface area contributed by atoms with Crippen LogP contribution >= 0.6 is 0 Å². The van der Waals surface area contributed by atoms with Gasteiger partial charge < -0.3 is 32.7 Å². The van der Waals surface area contributed by atoms with Crippen LogP contribution in [0.4, 0.5) is 5.69 Å². The lowest BCUT2D eigenvalue weighted by Gasteiger charge is -2.23. The lowest BCUT2D eigenvalue weighted by atomic mass is 9.93. The third-order valence-corrected chi connectivity index (χ3v) is 9.46. The van der Waals surface area contributed by atoms with Crippen LogP contribution in [0.3, 0.4) is 0 Å². The molecule has 0 aliphatic carbocycles. The van der Waals surface area contributed by atoms with E-state index < -0.39 is 35.7 Å². The number of primary amides is 1. The number of aryl methyl sites for hydroxylation is 4. The van der Waals surface area contributed by atoms with Gasteiger partial charge in [-0.25, -0.2) is 9.97 Å². The molecule has 54 heavy (non-hydrogen) atoms. The number of hydrogen-bond acceptors (Lipinski definition) is 8. The molecule has 1 aliphatic heterocycles. The number of rotatable bonds is 11. The highest BCUT2D eigenvalue weighted by molar-refractivity contribution is 6.04. The molecule has 4 bridgehead atoms. The van der Waals surface area contributed by atoms with Gasteiger partial charge in [-0.2, -0.15) is 0 Å². The highest BCUT2D eigenvalue weighted by Gasteiger charge is 2.26. The number of nitrogens with one attached hydrogen (secondary N) is 4. The van der Waals surface area contributed by atoms with Crippen LogP contribution in [0.5, 0.6) is 0 Å². The van der Waals surface area contributed by atoms with Gasteiger partial charge in [-0.1, -0.05) is 61.9 Å². The molecule has 5 amide bonds. The maximum atomic E-state index is 14.0. The first-order valence-corrected chi connectivity index (χ1v) is 18.2. The Hall–Kier alpha value is -5.95. The summed E-state index contributed by atoms with van der Waals surface area (Å²) < 4.78 is 0. The highest BCUT2D eigenvalue weighted by atomic mass is 16.2. The number of aromatic nitrogens is 2. The third kappa shape index (κ3) is 9.72. The number of amides is 5. The second-order valence-electron chi connectivity index (χ2n) is 13.8. The second kappa shape index (κ2) is 17.7. The molecule has 13 nitrogen and oxygen atoms in total. The maximum Gasteiger partial charge on any atom is 0.255 e. The first kappa shape index (κ1) is 39.3. The van der Waals surface area contributed by atoms with Crippen molar-refractivity contribution in [3.63, 3.8) is 0 Å². The number of nitrogens with two attached hydrogens (primary N) is 2. The quantitative estimate of drug-likeness (QED) is 0.134. The molecular formula is C41H48N8O5. The fraction of sp³-hybridized carbons (Fsp3) is 0.341. The fourth-order valence-corrected chi connectivity index (χ4v) is 6.57. The summed E-state index contributed by atoms with van der Waals surface area (Å²) in [5.41, 5.74) is 19.3. The van der Waals surface area contributed by atoms with Crippen LogP contribution in [0.15, 0.2) is 60.8 Å². The smallest absolute Gasteiger partial charge is 0.255 e. The summed E-state index contributed by atoms with van der Waals surface area (Å²) >= 11 is 0. The van der Waals surface area contributed by atoms with Crippen molar-refractivity contribution in [2.75, 3.05) is 18.4 Å². The lowest BCUT2D eigenvalue weighted by molar-refractivity contribution is -0.128. The largest absolute Gasteiger partial charge is 0.368 e. The third-order valence-electron chi connectivity index (χ3n) is 9.46. The summed E-state index contributed by atoms with van der Waals surface area (Å²) in [6.45, 7) is 7.54. The number of fused-ring (bicyclic) bond motifs is 5. The zero-order chi connectivity index (χ0) is 38.9. The van der Waals surface area contributed by atoms with E-state index in [0.29, 0.717) is 45.0 Å². The van der Waals surface area contributed by atoms with Crippen molar-refractivity contribution >= 4 is 35.2 Å². The topological polar surface area (TPSA) is 211 Å². The highest BCUT2D eigenvalue weighted by Crippen LogP contribution is 2.34. The summed E-state index contributed by atoms with van der Waals surface area (Å²) in [4.78, 5) is 74.3. The number of carbonyl (C=O) groups is 5. The van der Waals surface area contributed by atoms with Crippen molar-refractivity contribution in [1.82, 2.24) is 25.9 Å². The predicted molar refractivity (Wildman–Crippen MR) is 207 cm³/mol. The molecule has 0 fully saturated rings. The molecule has 282 valence electrons. The van der Waals surface area contributed by atoms with Gasteiger partial charge in [0.1, 0.15) is 12.1 Å². The predicted octanol–water partition coefficient (Wildman–Crippen LogP) is 3.35. The van der Waals surface area contributed by atoms with Gasteiger partial charge in [0, 0.05) is 23.7 Å². The Bertz CT molecular complexity index is 2080. The van der Waals surface area contributed by atoms with E-state index in [9.17, 15) is 24.0 Å². The zero-order valence-corrected chi connectivity index (χ0v) is 31.2. The first-order chi connectivity index (χ1) is 25.9. The van der Waals surface area contributed by atoms with Crippen molar-refractivity contribution in [3.05, 3.63) is 99.9 Å². The van der Waals surface area contributed by atoms with E-state index in [0.717, 1.165) is 30.4 Å². The molecule has 1 aromatic heterocycles. The molecule has 2 atom stereocenters. The van der Waals surface area contributed by atoms with Crippen LogP contribution in [-0.2, 0) is 38.4 Å². The van der Waals surface area contributed by atoms with Gasteiger partial charge in [0.15, 0.2) is 5.82 Å². The average molecular weight is 733 g/mol. The molecule has 0 saturated heterocycles. The minimum atomic E-state index is -1.04. The van der Waals surface area contributed by atoms with Crippen molar-refractivity contribution in [2.45, 2.75) is 78.3 Å². The van der Waals surface area contributed by atoms with Crippen molar-refractivity contribution in [2.24, 2.45) is 11.5 Å². The normalized spacial score (nSPS) is 14.9. The standard InChI is InChI=1S/C41H48N8O5/c1-5-6-8-26-11-12-30(23(2)15-26)39-45-21-32(25(4)46-39)40(53)48-33(13-14-42)41(54)49-37-24(3)16-28-18-31(37)29-10-7-9-27(17-29)20-35(50)44-22-36(51)47-34(19-28)38(43)52/h7,9-12,15-18,21,33-34H,5-6,8,13-14,19-20,22,42H2,1-4H3,(H2,43,52)(H,44,50)(H,47,51)(H,48,53)(H,49,54)/t33-,34?/m0/s1. The monoisotopic (exact) mass is 732 g/mol. The number of hydrogen-bond donors (Lipinski definition) is 6. The van der Waals surface area contributed by atoms with Crippen molar-refractivity contribution in [3.8, 4) is 22.5 Å². The molecular weight excluding hydrogens is 685 g/mol. The van der Waals surface area contributed by atoms with E-state index in [1.807, 2.05) is 31.2 Å². The second-order valence-corrected chi connectivity index (χ2v) is 13.8. The van der Waals surface area contributed by atoms with Crippen LogP contribution in [-0.4, -0.2) is 64.7 Å². The summed E-state index contributed by atoms with van der Waals surface area (Å²) in [5.74, 6) is -2.16. The van der Waals surface area contributed by atoms with Gasteiger partial charge in [0.2, 0.25) is 23.6 Å². The minimum Gasteiger partial charge on any atom is -0.368 e. The van der Waals surface area contributed by atoms with Gasteiger partial charge in [-0.15, -0.1) is 0 Å². The van der Waals surface area contributed by atoms with Crippen molar-refractivity contribution < 1.29 is 24.0 Å². The van der Waals surface area contributed by atoms with E-state index in [4.69, 9.17) is 11.5 Å². The van der Waals surface area contributed by atoms with Gasteiger partial charge >= 0.3 is 0 Å². The van der Waals surface area contributed by atoms with Gasteiger partial charge in [-0.05, 0) is 86.0 Å². The molecule has 0 radical (unpaired) electrons. The molecule has 13 heteroatoms. The SMILES string of the molecule is CCCCc1ccc(-c2ncc(C(=O)N[C@@H](CCN)C(=O)Nc3c(C)cc4cc3-c3cccc(c3)CC(=O)NCC(=O)NC(C(N)=O)C4)c(C)n2)c(C)c1. The lowest BCUT2D eigenvalue weighted by Crippen LogP contribution is -2.49. The number of unbranched alkanes of at least 4 members (excludes halogenated alkanes) is 1. The average Bonchev–Trinajstić information content (AvgIpc) is 3.13. The zero-order valence-electron chi connectivity index (χ0n) is 31.2. The van der Waals surface area contributed by atoms with E-state index in [2.05, 4.69) is 50.3 Å². The molecule has 0 spiro atoms. The van der Waals surface area contributed by atoms with Crippen LogP contribution in [0.1, 0.15) is 70.1 Å². The Morgan fingerprint density at radius 2 is 1.76 bits per heavy atom. The Morgan fingerprint density at radius 1 is 0.963 bits per heavy atom. The minimum absolute atomic E-state index is 0.000380. The Balaban J connectivity index is 1.42. The van der Waals surface area contributed by atoms with Crippen LogP contribution in [0, 0.1) is 20.8 Å². The van der Waals surface area contributed by atoms with E-state index >= 15 is 0 Å². The molecule has 4 aromatic rings. The van der Waals surface area contributed by atoms with Crippen molar-refractivity contribution in [1.29, 1.82) is 0 Å². The Labute approximate surface area is 315 Å². The summed E-state index contributed by atoms with van der Waals surface area (Å²) in [6, 6.07) is 15.1. The van der Waals surface area contributed by atoms with Gasteiger partial charge in [0.25, 0.3) is 5.91 Å². The molecule has 8 N–H and O–H groups in total. The summed E-state index contributed by atoms with van der Waals surface area (Å²) in [6.07, 6.45) is 4.94. The number of benzene rings is 3. The fourth-order valence-electron chi connectivity index (χ4n) is 6.57. The van der Waals surface area contributed by atoms with E-state index in [-0.39, 0.29) is 43.8 Å². The molecule has 1 aliphatic rings. The number of nitrogens with zero attached hydrogens (tertiary/aromatic N) is 2. The molecule has 5 rings (SSSR count). The number of carbonyl (C=O) groups excluding carboxylic acids is 5. The summed E-state index contributed by atoms with van der Waals surface area (Å²) in [7, 11) is 0. The van der Waals surface area contributed by atoms with E-state index in [1.54, 1.807) is 32.0 Å². The Morgan fingerprint density at radius 3 is 2.46 bits per heavy atom. The van der Waals surface area contributed by atoms with Gasteiger partial charge in [-0.3, -0.25) is 24.0 Å². The van der Waals surface area contributed by atoms with E-state index in [1.165, 1.54) is 11.8 Å². The molecule has 2 heterocycles. The molecule has 3 aromatic carbocycles. The first-order valence-electron chi connectivity index (χ1n) is 18.2. The number of anilines is 1. The summed E-state index contributed by atoms with van der Waals surface area (Å²) in [5, 5.41) is 11.0. The van der Waals surface area contributed by atoms with Crippen LogP contribution < -0.4 is 32.7 Å². The van der Waals surface area contributed by atoms with Gasteiger partial charge in [0.05, 0.1) is 29.9 Å².